The standard InChI is InChI=1S/C48H66N8O7S/c1-10-41(58)54-22-18-33(26-54)46(60)53(8)43(30(3)4)45(59)52-37(47(61)56-21-13-12-20-50-56)24-40-51-38(27-64-40)32-16-17-39-35(23-32)36(25-48(6,7)28-63-29-57)44(55(39)11-2)34-15-14-19-49-42(34)31(5)62-9/h10,14-17,19,23,29-31,33,37-38,43,50H,1,11-13,18,20-22,24-28H2,2-9H3,(H,52,59)/t31-,33-,37-,38?,43-/m0/s1. The maximum absolute atomic E-state index is 14.3. The summed E-state index contributed by atoms with van der Waals surface area (Å²) in [6.45, 7) is 19.0. The number of hydrogen-bond donors (Lipinski definition) is 2. The number of hydrogen-bond acceptors (Lipinski definition) is 11. The maximum Gasteiger partial charge on any atom is 0.293 e. The zero-order valence-electron chi connectivity index (χ0n) is 38.7. The molecule has 0 saturated carbocycles. The summed E-state index contributed by atoms with van der Waals surface area (Å²) < 4.78 is 13.4. The Kier molecular flexibility index (Phi) is 16.1. The Balaban J connectivity index is 1.31. The molecule has 6 rings (SSSR count). The largest absolute Gasteiger partial charge is 0.467 e. The molecule has 1 unspecified atom stereocenters. The summed E-state index contributed by atoms with van der Waals surface area (Å²) in [7, 11) is 3.31. The fourth-order valence-corrected chi connectivity index (χ4v) is 10.5. The van der Waals surface area contributed by atoms with E-state index in [9.17, 15) is 24.0 Å². The number of nitrogens with zero attached hydrogens (tertiary/aromatic N) is 6. The third-order valence-corrected chi connectivity index (χ3v) is 13.8. The number of likely N-dealkylation sites (tertiary alicyclic amines) is 1. The lowest BCUT2D eigenvalue weighted by molar-refractivity contribution is -0.145. The Hall–Kier alpha value is -5.06. The first-order chi connectivity index (χ1) is 30.6. The zero-order chi connectivity index (χ0) is 46.3. The van der Waals surface area contributed by atoms with Gasteiger partial charge in [0.2, 0.25) is 17.7 Å². The number of pyridine rings is 1. The summed E-state index contributed by atoms with van der Waals surface area (Å²) in [5, 5.41) is 6.51. The Labute approximate surface area is 381 Å². The van der Waals surface area contributed by atoms with Crippen LogP contribution in [0.2, 0.25) is 0 Å². The number of carbonyl (C=O) groups excluding carboxylic acids is 5. The highest BCUT2D eigenvalue weighted by Crippen LogP contribution is 2.42. The van der Waals surface area contributed by atoms with E-state index in [0.717, 1.165) is 56.9 Å². The van der Waals surface area contributed by atoms with Crippen molar-refractivity contribution in [3.05, 3.63) is 66.0 Å². The number of amides is 4. The van der Waals surface area contributed by atoms with Gasteiger partial charge in [0.25, 0.3) is 12.4 Å². The van der Waals surface area contributed by atoms with Crippen LogP contribution in [0.1, 0.15) is 96.2 Å². The zero-order valence-corrected chi connectivity index (χ0v) is 39.5. The molecule has 3 aliphatic rings. The second-order valence-electron chi connectivity index (χ2n) is 18.2. The van der Waals surface area contributed by atoms with E-state index in [1.54, 1.807) is 42.0 Å². The van der Waals surface area contributed by atoms with Gasteiger partial charge in [0.1, 0.15) is 12.1 Å². The van der Waals surface area contributed by atoms with Crippen molar-refractivity contribution in [2.24, 2.45) is 22.2 Å². The summed E-state index contributed by atoms with van der Waals surface area (Å²) in [4.78, 5) is 79.0. The van der Waals surface area contributed by atoms with Gasteiger partial charge in [-0.2, -0.15) is 0 Å². The van der Waals surface area contributed by atoms with Gasteiger partial charge in [-0.05, 0) is 86.9 Å². The molecule has 0 bridgehead atoms. The maximum atomic E-state index is 14.3. The minimum Gasteiger partial charge on any atom is -0.467 e. The Morgan fingerprint density at radius 3 is 2.59 bits per heavy atom. The average Bonchev–Trinajstić information content (AvgIpc) is 4.05. The van der Waals surface area contributed by atoms with Crippen molar-refractivity contribution in [2.75, 3.05) is 52.7 Å². The number of nitrogens with one attached hydrogen (secondary N) is 2. The fraction of sp³-hybridized carbons (Fsp3) is 0.562. The van der Waals surface area contributed by atoms with Crippen molar-refractivity contribution in [1.29, 1.82) is 0 Å². The first kappa shape index (κ1) is 48.4. The predicted octanol–water partition coefficient (Wildman–Crippen LogP) is 5.88. The van der Waals surface area contributed by atoms with E-state index >= 15 is 0 Å². The summed E-state index contributed by atoms with van der Waals surface area (Å²) in [5.41, 5.74) is 8.90. The second kappa shape index (κ2) is 21.3. The molecule has 15 nitrogen and oxygen atoms in total. The number of thioether (sulfide) groups is 1. The van der Waals surface area contributed by atoms with E-state index in [4.69, 9.17) is 19.5 Å². The van der Waals surface area contributed by atoms with E-state index in [2.05, 4.69) is 66.9 Å². The minimum atomic E-state index is -0.922. The van der Waals surface area contributed by atoms with Crippen LogP contribution in [0.3, 0.4) is 0 Å². The van der Waals surface area contributed by atoms with Crippen LogP contribution in [-0.4, -0.2) is 124 Å². The summed E-state index contributed by atoms with van der Waals surface area (Å²) >= 11 is 1.58. The van der Waals surface area contributed by atoms with E-state index in [0.29, 0.717) is 51.2 Å². The molecule has 0 radical (unpaired) electrons. The summed E-state index contributed by atoms with van der Waals surface area (Å²) in [5.74, 6) is -1.12. The Morgan fingerprint density at radius 1 is 1.14 bits per heavy atom. The topological polar surface area (TPSA) is 168 Å². The number of likely N-dealkylation sites (N-methyl/N-ethyl adjacent to an activating group) is 1. The Morgan fingerprint density at radius 2 is 1.92 bits per heavy atom. The van der Waals surface area contributed by atoms with E-state index in [1.807, 2.05) is 26.8 Å². The monoisotopic (exact) mass is 898 g/mol. The van der Waals surface area contributed by atoms with Crippen molar-refractivity contribution in [2.45, 2.75) is 104 Å². The molecule has 346 valence electrons. The number of methoxy groups -OCH3 is 1. The molecule has 3 aromatic rings. The van der Waals surface area contributed by atoms with Gasteiger partial charge >= 0.3 is 0 Å². The van der Waals surface area contributed by atoms with Gasteiger partial charge in [-0.25, -0.2) is 5.43 Å². The van der Waals surface area contributed by atoms with Gasteiger partial charge in [0, 0.05) is 87.1 Å². The molecule has 16 heteroatoms. The number of ether oxygens (including phenoxy) is 2. The van der Waals surface area contributed by atoms with E-state index < -0.39 is 29.3 Å². The first-order valence-electron chi connectivity index (χ1n) is 22.5. The first-order valence-corrected chi connectivity index (χ1v) is 23.5. The van der Waals surface area contributed by atoms with Gasteiger partial charge < -0.3 is 29.2 Å². The van der Waals surface area contributed by atoms with Gasteiger partial charge in [0.15, 0.2) is 0 Å². The lowest BCUT2D eigenvalue weighted by Crippen LogP contribution is -2.59. The summed E-state index contributed by atoms with van der Waals surface area (Å²) in [6.07, 6.45) is 5.90. The normalized spacial score (nSPS) is 19.3. The minimum absolute atomic E-state index is 0.198. The van der Waals surface area contributed by atoms with Crippen molar-refractivity contribution < 1.29 is 33.4 Å². The van der Waals surface area contributed by atoms with E-state index in [1.165, 1.54) is 11.0 Å². The molecule has 2 fully saturated rings. The highest BCUT2D eigenvalue weighted by Gasteiger charge is 2.40. The summed E-state index contributed by atoms with van der Waals surface area (Å²) in [6, 6.07) is 8.58. The number of aromatic nitrogens is 2. The van der Waals surface area contributed by atoms with Crippen molar-refractivity contribution in [3.8, 4) is 11.3 Å². The highest BCUT2D eigenvalue weighted by atomic mass is 32.2. The molecule has 2 aromatic heterocycles. The number of aliphatic imine (C=N–C) groups is 1. The van der Waals surface area contributed by atoms with Crippen LogP contribution in [0, 0.1) is 17.3 Å². The van der Waals surface area contributed by atoms with Crippen LogP contribution < -0.4 is 10.7 Å². The molecule has 0 aliphatic carbocycles. The molecule has 2 N–H and O–H groups in total. The number of carbonyl (C=O) groups is 5. The van der Waals surface area contributed by atoms with Crippen molar-refractivity contribution in [1.82, 2.24) is 35.1 Å². The molecule has 64 heavy (non-hydrogen) atoms. The van der Waals surface area contributed by atoms with Crippen molar-refractivity contribution in [3.63, 3.8) is 0 Å². The fourth-order valence-electron chi connectivity index (χ4n) is 9.35. The van der Waals surface area contributed by atoms with Crippen LogP contribution >= 0.6 is 11.8 Å². The lowest BCUT2D eigenvalue weighted by atomic mass is 9.84. The molecular formula is C48H66N8O7S. The molecule has 1 aromatic carbocycles. The van der Waals surface area contributed by atoms with Crippen LogP contribution in [-0.2, 0) is 46.4 Å². The number of hydrazine groups is 1. The average molecular weight is 899 g/mol. The molecule has 5 atom stereocenters. The predicted molar refractivity (Wildman–Crippen MR) is 250 cm³/mol. The van der Waals surface area contributed by atoms with Crippen LogP contribution in [0.5, 0.6) is 0 Å². The third-order valence-electron chi connectivity index (χ3n) is 12.7. The molecule has 3 aliphatic heterocycles. The number of fused-ring (bicyclic) bond motifs is 1. The van der Waals surface area contributed by atoms with Gasteiger partial charge in [-0.15, -0.1) is 11.8 Å². The quantitative estimate of drug-likeness (QED) is 0.110. The number of aryl methyl sites for hydroxylation is 1. The van der Waals surface area contributed by atoms with Crippen LogP contribution in [0.15, 0.2) is 54.2 Å². The van der Waals surface area contributed by atoms with Gasteiger partial charge in [-0.1, -0.05) is 40.3 Å². The second-order valence-corrected chi connectivity index (χ2v) is 19.3. The molecule has 2 saturated heterocycles. The molecule has 5 heterocycles. The molecular weight excluding hydrogens is 833 g/mol. The van der Waals surface area contributed by atoms with Crippen LogP contribution in [0.4, 0.5) is 0 Å². The van der Waals surface area contributed by atoms with Crippen LogP contribution in [0.25, 0.3) is 22.2 Å². The number of benzene rings is 1. The Bertz CT molecular complexity index is 2230. The SMILES string of the molecule is C=CC(=O)N1CC[C@H](C(=O)N(C)[C@H](C(=O)N[C@@H](CC2=NC(c3ccc4c(c3)c(CC(C)(C)COC=O)c(-c3cccnc3[C@H](C)OC)n4CC)CS2)C(=O)N2CCCCN2)C(C)C)C1. The van der Waals surface area contributed by atoms with E-state index in [-0.39, 0.29) is 55.4 Å². The van der Waals surface area contributed by atoms with Gasteiger partial charge in [0.05, 0.1) is 41.1 Å². The van der Waals surface area contributed by atoms with Gasteiger partial charge in [-0.3, -0.25) is 39.0 Å². The third kappa shape index (κ3) is 10.7. The highest BCUT2D eigenvalue weighted by molar-refractivity contribution is 8.14. The lowest BCUT2D eigenvalue weighted by Gasteiger charge is -2.35. The molecule has 4 amide bonds. The smallest absolute Gasteiger partial charge is 0.293 e. The molecule has 0 spiro atoms. The van der Waals surface area contributed by atoms with Crippen molar-refractivity contribution >= 4 is 57.8 Å². The number of rotatable bonds is 19.